The Kier molecular flexibility index (Phi) is 5.31. The van der Waals surface area contributed by atoms with Crippen molar-refractivity contribution in [2.24, 2.45) is 5.73 Å². The summed E-state index contributed by atoms with van der Waals surface area (Å²) in [6.07, 6.45) is 0. The number of hydrogen-bond donors (Lipinski definition) is 3. The van der Waals surface area contributed by atoms with Gasteiger partial charge in [-0.2, -0.15) is 11.8 Å². The molecule has 94 valence electrons. The molecule has 0 aromatic heterocycles. The Morgan fingerprint density at radius 2 is 2.29 bits per heavy atom. The van der Waals surface area contributed by atoms with E-state index in [1.165, 1.54) is 0 Å². The van der Waals surface area contributed by atoms with E-state index in [0.717, 1.165) is 11.3 Å². The molecule has 1 atom stereocenters. The highest BCUT2D eigenvalue weighted by Crippen LogP contribution is 2.23. The van der Waals surface area contributed by atoms with Gasteiger partial charge >= 0.3 is 0 Å². The number of hydrogen-bond acceptors (Lipinski definition) is 4. The third-order valence-electron chi connectivity index (χ3n) is 2.35. The van der Waals surface area contributed by atoms with Gasteiger partial charge in [0.1, 0.15) is 11.6 Å². The fraction of sp³-hybridized carbons (Fsp3) is 0.417. The average Bonchev–Trinajstić information content (AvgIpc) is 2.35. The molecule has 0 bridgehead atoms. The van der Waals surface area contributed by atoms with E-state index in [1.807, 2.05) is 25.1 Å². The number of nitrogens with one attached hydrogen (secondary N) is 1. The topological polar surface area (TPSA) is 79.3 Å². The van der Waals surface area contributed by atoms with Gasteiger partial charge in [0, 0.05) is 11.0 Å². The molecule has 5 heteroatoms. The van der Waals surface area contributed by atoms with Crippen LogP contribution in [0.15, 0.2) is 18.2 Å². The van der Waals surface area contributed by atoms with Crippen molar-refractivity contribution in [3.63, 3.8) is 0 Å². The Morgan fingerprint density at radius 1 is 1.59 bits per heavy atom. The van der Waals surface area contributed by atoms with E-state index in [4.69, 9.17) is 21.0 Å². The van der Waals surface area contributed by atoms with Gasteiger partial charge in [-0.25, -0.2) is 0 Å². The van der Waals surface area contributed by atoms with Crippen molar-refractivity contribution < 1.29 is 9.84 Å². The van der Waals surface area contributed by atoms with Crippen molar-refractivity contribution in [3.8, 4) is 5.75 Å². The summed E-state index contributed by atoms with van der Waals surface area (Å²) in [6, 6.07) is 5.62. The highest BCUT2D eigenvalue weighted by molar-refractivity contribution is 7.99. The van der Waals surface area contributed by atoms with Crippen LogP contribution in [0.3, 0.4) is 0 Å². The molecule has 0 spiro atoms. The van der Waals surface area contributed by atoms with Crippen molar-refractivity contribution in [2.45, 2.75) is 17.9 Å². The molecule has 4 N–H and O–H groups in total. The number of nitrogens with two attached hydrogens (primary N) is 1. The molecule has 0 fully saturated rings. The molecule has 0 saturated heterocycles. The summed E-state index contributed by atoms with van der Waals surface area (Å²) >= 11 is 1.66. The molecule has 0 aliphatic heterocycles. The number of nitrogen functional groups attached to an aromatic ring is 1. The molecule has 1 aromatic rings. The number of amidine groups is 1. The van der Waals surface area contributed by atoms with E-state index >= 15 is 0 Å². The first-order valence-corrected chi connectivity index (χ1v) is 6.37. The largest absolute Gasteiger partial charge is 0.496 e. The lowest BCUT2D eigenvalue weighted by atomic mass is 10.1. The summed E-state index contributed by atoms with van der Waals surface area (Å²) in [5, 5.41) is 16.6. The van der Waals surface area contributed by atoms with Crippen molar-refractivity contribution in [1.29, 1.82) is 5.41 Å². The second-order valence-electron chi connectivity index (χ2n) is 3.75. The van der Waals surface area contributed by atoms with Crippen LogP contribution in [-0.4, -0.2) is 29.9 Å². The number of thioether (sulfide) groups is 1. The van der Waals surface area contributed by atoms with E-state index in [2.05, 4.69) is 0 Å². The number of aliphatic hydroxyl groups is 1. The fourth-order valence-electron chi connectivity index (χ4n) is 1.35. The lowest BCUT2D eigenvalue weighted by Crippen LogP contribution is -2.13. The Balaban J connectivity index is 2.81. The lowest BCUT2D eigenvalue weighted by molar-refractivity contribution is 0.300. The number of rotatable bonds is 6. The molecule has 17 heavy (non-hydrogen) atoms. The van der Waals surface area contributed by atoms with Gasteiger partial charge in [0.05, 0.1) is 19.3 Å². The molecular formula is C12H18N2O2S. The normalized spacial score (nSPS) is 12.2. The lowest BCUT2D eigenvalue weighted by Gasteiger charge is -2.11. The van der Waals surface area contributed by atoms with Gasteiger partial charge < -0.3 is 15.6 Å². The first-order chi connectivity index (χ1) is 8.08. The number of methoxy groups -OCH3 is 1. The molecule has 0 aliphatic rings. The summed E-state index contributed by atoms with van der Waals surface area (Å²) in [7, 11) is 1.56. The SMILES string of the molecule is COc1ccc(CSC(C)CO)cc1C(=N)N. The van der Waals surface area contributed by atoms with Crippen LogP contribution in [0.2, 0.25) is 0 Å². The Hall–Kier alpha value is -1.20. The minimum absolute atomic E-state index is 0.00362. The Morgan fingerprint density at radius 3 is 2.82 bits per heavy atom. The van der Waals surface area contributed by atoms with Crippen LogP contribution in [-0.2, 0) is 5.75 Å². The summed E-state index contributed by atoms with van der Waals surface area (Å²) in [5.74, 6) is 1.40. The van der Waals surface area contributed by atoms with Gasteiger partial charge in [0.25, 0.3) is 0 Å². The molecule has 1 aromatic carbocycles. The highest BCUT2D eigenvalue weighted by Gasteiger charge is 2.08. The standard InChI is InChI=1S/C12H18N2O2S/c1-8(6-15)17-7-9-3-4-11(16-2)10(5-9)12(13)14/h3-5,8,15H,6-7H2,1-2H3,(H3,13,14). The van der Waals surface area contributed by atoms with Crippen LogP contribution in [0.4, 0.5) is 0 Å². The zero-order chi connectivity index (χ0) is 12.8. The number of aliphatic hydroxyl groups excluding tert-OH is 1. The van der Waals surface area contributed by atoms with Crippen molar-refractivity contribution in [2.75, 3.05) is 13.7 Å². The van der Waals surface area contributed by atoms with Crippen LogP contribution < -0.4 is 10.5 Å². The highest BCUT2D eigenvalue weighted by atomic mass is 32.2. The van der Waals surface area contributed by atoms with Crippen molar-refractivity contribution in [1.82, 2.24) is 0 Å². The first-order valence-electron chi connectivity index (χ1n) is 5.32. The predicted molar refractivity (Wildman–Crippen MR) is 71.9 cm³/mol. The van der Waals surface area contributed by atoms with E-state index in [1.54, 1.807) is 18.9 Å². The van der Waals surface area contributed by atoms with E-state index < -0.39 is 0 Å². The van der Waals surface area contributed by atoms with Gasteiger partial charge in [0.15, 0.2) is 0 Å². The van der Waals surface area contributed by atoms with Crippen molar-refractivity contribution >= 4 is 17.6 Å². The third kappa shape index (κ3) is 3.94. The van der Waals surface area contributed by atoms with Crippen LogP contribution in [0.1, 0.15) is 18.1 Å². The molecule has 0 aliphatic carbocycles. The molecule has 1 rings (SSSR count). The minimum Gasteiger partial charge on any atom is -0.496 e. The monoisotopic (exact) mass is 254 g/mol. The average molecular weight is 254 g/mol. The molecule has 0 radical (unpaired) electrons. The molecule has 0 heterocycles. The quantitative estimate of drug-likeness (QED) is 0.532. The van der Waals surface area contributed by atoms with Gasteiger partial charge in [0.2, 0.25) is 0 Å². The maximum absolute atomic E-state index is 8.94. The maximum atomic E-state index is 8.94. The minimum atomic E-state index is 0.00362. The Labute approximate surface area is 106 Å². The number of ether oxygens (including phenoxy) is 1. The maximum Gasteiger partial charge on any atom is 0.129 e. The predicted octanol–water partition coefficient (Wildman–Crippen LogP) is 1.59. The second kappa shape index (κ2) is 6.51. The summed E-state index contributed by atoms with van der Waals surface area (Å²) in [4.78, 5) is 0. The smallest absolute Gasteiger partial charge is 0.129 e. The van der Waals surface area contributed by atoms with Crippen LogP contribution in [0, 0.1) is 5.41 Å². The van der Waals surface area contributed by atoms with E-state index in [9.17, 15) is 0 Å². The van der Waals surface area contributed by atoms with Crippen molar-refractivity contribution in [3.05, 3.63) is 29.3 Å². The summed E-state index contributed by atoms with van der Waals surface area (Å²) in [6.45, 7) is 2.14. The molecule has 4 nitrogen and oxygen atoms in total. The molecule has 1 unspecified atom stereocenters. The van der Waals surface area contributed by atoms with Crippen LogP contribution in [0.5, 0.6) is 5.75 Å². The van der Waals surface area contributed by atoms with Gasteiger partial charge in [-0.15, -0.1) is 0 Å². The fourth-order valence-corrected chi connectivity index (χ4v) is 2.11. The van der Waals surface area contributed by atoms with Crippen LogP contribution in [0.25, 0.3) is 0 Å². The van der Waals surface area contributed by atoms with Gasteiger partial charge in [-0.1, -0.05) is 13.0 Å². The zero-order valence-corrected chi connectivity index (χ0v) is 10.9. The summed E-state index contributed by atoms with van der Waals surface area (Å²) < 4.78 is 5.14. The van der Waals surface area contributed by atoms with Crippen LogP contribution >= 0.6 is 11.8 Å². The zero-order valence-electron chi connectivity index (χ0n) is 10.1. The van der Waals surface area contributed by atoms with E-state index in [-0.39, 0.29) is 17.7 Å². The number of benzene rings is 1. The molecule has 0 amide bonds. The third-order valence-corrected chi connectivity index (χ3v) is 3.56. The van der Waals surface area contributed by atoms with E-state index in [0.29, 0.717) is 11.3 Å². The van der Waals surface area contributed by atoms with Gasteiger partial charge in [-0.05, 0) is 17.7 Å². The first kappa shape index (κ1) is 13.9. The second-order valence-corrected chi connectivity index (χ2v) is 5.18. The molecular weight excluding hydrogens is 236 g/mol. The summed E-state index contributed by atoms with van der Waals surface area (Å²) in [5.41, 5.74) is 7.18. The molecule has 0 saturated carbocycles. The van der Waals surface area contributed by atoms with Gasteiger partial charge in [-0.3, -0.25) is 5.41 Å². The Bertz CT molecular complexity index is 396.